The van der Waals surface area contributed by atoms with Crippen molar-refractivity contribution in [3.63, 3.8) is 0 Å². The topological polar surface area (TPSA) is 20.2 Å². The van der Waals surface area contributed by atoms with Crippen molar-refractivity contribution >= 4 is 33.7 Å². The molecule has 102 valence electrons. The van der Waals surface area contributed by atoms with Crippen LogP contribution in [0.5, 0.6) is 5.75 Å². The van der Waals surface area contributed by atoms with Gasteiger partial charge in [0.15, 0.2) is 0 Å². The molecule has 1 nitrogen and oxygen atoms in total. The van der Waals surface area contributed by atoms with Crippen LogP contribution in [0.25, 0.3) is 10.8 Å². The van der Waals surface area contributed by atoms with Gasteiger partial charge in [-0.25, -0.2) is 0 Å². The second-order valence-corrected chi connectivity index (χ2v) is 6.12. The second-order valence-electron chi connectivity index (χ2n) is 4.77. The lowest BCUT2D eigenvalue weighted by Gasteiger charge is -2.17. The average Bonchev–Trinajstić information content (AvgIpc) is 3.00. The van der Waals surface area contributed by atoms with Crippen molar-refractivity contribution in [3.8, 4) is 5.75 Å². The van der Waals surface area contributed by atoms with E-state index in [9.17, 15) is 5.11 Å². The Morgan fingerprint density at radius 1 is 1.00 bits per heavy atom. The van der Waals surface area contributed by atoms with Crippen LogP contribution >= 0.6 is 22.9 Å². The van der Waals surface area contributed by atoms with Crippen LogP contribution < -0.4 is 0 Å². The number of rotatable bonds is 4. The fourth-order valence-corrected chi connectivity index (χ4v) is 3.76. The maximum absolute atomic E-state index is 10.0. The molecule has 0 bridgehead atoms. The summed E-state index contributed by atoms with van der Waals surface area (Å²) in [5.41, 5.74) is 1.24. The molecule has 0 aliphatic heterocycles. The van der Waals surface area contributed by atoms with E-state index in [1.807, 2.05) is 24.3 Å². The summed E-state index contributed by atoms with van der Waals surface area (Å²) in [7, 11) is 0. The summed E-state index contributed by atoms with van der Waals surface area (Å²) in [6.07, 6.45) is 0.900. The van der Waals surface area contributed by atoms with Gasteiger partial charge in [0.05, 0.1) is 0 Å². The Hall–Kier alpha value is -1.51. The van der Waals surface area contributed by atoms with Gasteiger partial charge in [0.1, 0.15) is 5.75 Å². The molecule has 1 N–H and O–H groups in total. The number of phenolic OH excluding ortho intramolecular Hbond substituents is 1. The van der Waals surface area contributed by atoms with Gasteiger partial charge in [0.25, 0.3) is 0 Å². The van der Waals surface area contributed by atoms with Crippen LogP contribution in [-0.4, -0.2) is 11.0 Å². The van der Waals surface area contributed by atoms with Gasteiger partial charge >= 0.3 is 0 Å². The first-order valence-corrected chi connectivity index (χ1v) is 8.02. The lowest BCUT2D eigenvalue weighted by Crippen LogP contribution is -2.01. The molecule has 0 spiro atoms. The van der Waals surface area contributed by atoms with Gasteiger partial charge in [-0.15, -0.1) is 22.9 Å². The number of alkyl halides is 1. The maximum Gasteiger partial charge on any atom is 0.123 e. The van der Waals surface area contributed by atoms with E-state index >= 15 is 0 Å². The summed E-state index contributed by atoms with van der Waals surface area (Å²) in [5, 5.41) is 14.1. The van der Waals surface area contributed by atoms with E-state index in [-0.39, 0.29) is 5.92 Å². The Kier molecular flexibility index (Phi) is 3.95. The number of hydrogen-bond donors (Lipinski definition) is 1. The molecule has 0 aliphatic carbocycles. The molecule has 0 saturated heterocycles. The van der Waals surface area contributed by atoms with Crippen molar-refractivity contribution in [2.24, 2.45) is 0 Å². The molecule has 3 heteroatoms. The highest BCUT2D eigenvalue weighted by Crippen LogP contribution is 2.38. The van der Waals surface area contributed by atoms with Crippen molar-refractivity contribution in [3.05, 3.63) is 64.4 Å². The zero-order valence-electron chi connectivity index (χ0n) is 10.9. The molecule has 1 aromatic heterocycles. The third-order valence-corrected chi connectivity index (χ3v) is 4.80. The summed E-state index contributed by atoms with van der Waals surface area (Å²) in [5.74, 6) is 1.25. The first-order chi connectivity index (χ1) is 9.81. The molecule has 3 rings (SSSR count). The minimum Gasteiger partial charge on any atom is -0.507 e. The largest absolute Gasteiger partial charge is 0.507 e. The van der Waals surface area contributed by atoms with E-state index in [0.29, 0.717) is 11.6 Å². The quantitative estimate of drug-likeness (QED) is 0.643. The van der Waals surface area contributed by atoms with Gasteiger partial charge in [-0.2, -0.15) is 0 Å². The number of thiophene rings is 1. The highest BCUT2D eigenvalue weighted by atomic mass is 35.5. The summed E-state index contributed by atoms with van der Waals surface area (Å²) in [6, 6.07) is 16.0. The predicted molar refractivity (Wildman–Crippen MR) is 87.1 cm³/mol. The van der Waals surface area contributed by atoms with Crippen molar-refractivity contribution in [1.82, 2.24) is 0 Å². The van der Waals surface area contributed by atoms with E-state index in [1.165, 1.54) is 10.4 Å². The van der Waals surface area contributed by atoms with Gasteiger partial charge in [0.2, 0.25) is 0 Å². The number of halogens is 1. The summed E-state index contributed by atoms with van der Waals surface area (Å²) in [4.78, 5) is 1.32. The smallest absolute Gasteiger partial charge is 0.123 e. The van der Waals surface area contributed by atoms with E-state index in [4.69, 9.17) is 11.6 Å². The fourth-order valence-electron chi connectivity index (χ4n) is 2.66. The second kappa shape index (κ2) is 5.86. The van der Waals surface area contributed by atoms with Crippen LogP contribution in [0, 0.1) is 0 Å². The van der Waals surface area contributed by atoms with Gasteiger partial charge in [0, 0.05) is 22.1 Å². The average molecular weight is 303 g/mol. The Labute approximate surface area is 127 Å². The van der Waals surface area contributed by atoms with Crippen molar-refractivity contribution in [2.45, 2.75) is 12.3 Å². The van der Waals surface area contributed by atoms with Gasteiger partial charge in [-0.05, 0) is 34.9 Å². The predicted octanol–water partition coefficient (Wildman–Crippen LogP) is 5.37. The Morgan fingerprint density at radius 3 is 2.50 bits per heavy atom. The minimum absolute atomic E-state index is 0.290. The molecule has 0 saturated carbocycles. The highest BCUT2D eigenvalue weighted by molar-refractivity contribution is 7.10. The van der Waals surface area contributed by atoms with E-state index in [2.05, 4.69) is 23.6 Å². The molecule has 1 atom stereocenters. The van der Waals surface area contributed by atoms with E-state index < -0.39 is 0 Å². The summed E-state index contributed by atoms with van der Waals surface area (Å²) >= 11 is 7.76. The number of fused-ring (bicyclic) bond motifs is 1. The molecule has 2 aromatic carbocycles. The molecule has 0 fully saturated rings. The van der Waals surface area contributed by atoms with Crippen molar-refractivity contribution in [1.29, 1.82) is 0 Å². The number of hydrogen-bond acceptors (Lipinski definition) is 2. The zero-order valence-corrected chi connectivity index (χ0v) is 12.5. The third-order valence-electron chi connectivity index (χ3n) is 3.59. The SMILES string of the molecule is Oc1ccc([C@@H](CCCl)c2cccs2)c2ccccc12. The van der Waals surface area contributed by atoms with E-state index in [0.717, 1.165) is 17.2 Å². The van der Waals surface area contributed by atoms with Crippen LogP contribution in [0.1, 0.15) is 22.8 Å². The van der Waals surface area contributed by atoms with Gasteiger partial charge < -0.3 is 5.11 Å². The van der Waals surface area contributed by atoms with Crippen molar-refractivity contribution < 1.29 is 5.11 Å². The van der Waals surface area contributed by atoms with Crippen LogP contribution in [0.4, 0.5) is 0 Å². The number of benzene rings is 2. The van der Waals surface area contributed by atoms with Gasteiger partial charge in [-0.1, -0.05) is 36.4 Å². The number of phenols is 1. The third kappa shape index (κ3) is 2.41. The monoisotopic (exact) mass is 302 g/mol. The molecule has 0 amide bonds. The molecule has 0 aliphatic rings. The van der Waals surface area contributed by atoms with Crippen molar-refractivity contribution in [2.75, 3.05) is 5.88 Å². The lowest BCUT2D eigenvalue weighted by molar-refractivity contribution is 0.481. The number of aromatic hydroxyl groups is 1. The zero-order chi connectivity index (χ0) is 13.9. The highest BCUT2D eigenvalue weighted by Gasteiger charge is 2.18. The first kappa shape index (κ1) is 13.5. The molecule has 0 unspecified atom stereocenters. The van der Waals surface area contributed by atoms with Crippen LogP contribution in [-0.2, 0) is 0 Å². The molecule has 1 heterocycles. The summed E-state index contributed by atoms with van der Waals surface area (Å²) in [6.45, 7) is 0. The molecular weight excluding hydrogens is 288 g/mol. The lowest BCUT2D eigenvalue weighted by atomic mass is 9.90. The standard InChI is InChI=1S/C17H15ClOS/c18-10-9-15(17-6-3-11-20-17)13-7-8-16(19)14-5-2-1-4-12(13)14/h1-8,11,15,19H,9-10H2/t15-/m1/s1. The Morgan fingerprint density at radius 2 is 1.80 bits per heavy atom. The maximum atomic E-state index is 10.0. The molecule has 3 aromatic rings. The first-order valence-electron chi connectivity index (χ1n) is 6.61. The molecular formula is C17H15ClOS. The van der Waals surface area contributed by atoms with Crippen LogP contribution in [0.2, 0.25) is 0 Å². The Bertz CT molecular complexity index is 706. The van der Waals surface area contributed by atoms with Gasteiger partial charge in [-0.3, -0.25) is 0 Å². The van der Waals surface area contributed by atoms with Crippen LogP contribution in [0.3, 0.4) is 0 Å². The fraction of sp³-hybridized carbons (Fsp3) is 0.176. The normalized spacial score (nSPS) is 12.7. The summed E-state index contributed by atoms with van der Waals surface area (Å²) < 4.78 is 0. The molecule has 0 radical (unpaired) electrons. The van der Waals surface area contributed by atoms with E-state index in [1.54, 1.807) is 17.4 Å². The van der Waals surface area contributed by atoms with Crippen LogP contribution in [0.15, 0.2) is 53.9 Å². The molecule has 20 heavy (non-hydrogen) atoms. The minimum atomic E-state index is 0.290. The Balaban J connectivity index is 2.19.